The molecule has 0 saturated carbocycles. The van der Waals surface area contributed by atoms with Gasteiger partial charge in [-0.2, -0.15) is 0 Å². The van der Waals surface area contributed by atoms with Gasteiger partial charge < -0.3 is 10.4 Å². The third-order valence-corrected chi connectivity index (χ3v) is 5.49. The summed E-state index contributed by atoms with van der Waals surface area (Å²) >= 11 is 2.20. The number of carboxylic acid groups (broad SMARTS) is 1. The quantitative estimate of drug-likeness (QED) is 0.317. The van der Waals surface area contributed by atoms with Crippen molar-refractivity contribution < 1.29 is 14.7 Å². The number of nitrogens with one attached hydrogen (secondary N) is 1. The van der Waals surface area contributed by atoms with Gasteiger partial charge in [-0.3, -0.25) is 4.79 Å². The standard InChI is InChI=1S/C23H17IN2O3/c24-15-11-9-14(10-12-15)13-20(23(28)29)26-22(27)21-16-5-1-3-7-18(16)25-19-8-4-2-6-17(19)21/h1-12,20H,13H2,(H,26,27)(H,28,29)/t20-/m1/s1. The van der Waals surface area contributed by atoms with Gasteiger partial charge in [-0.05, 0) is 52.4 Å². The first-order valence-corrected chi connectivity index (χ1v) is 10.2. The Balaban J connectivity index is 1.73. The number of carbonyl (C=O) groups is 2. The molecular weight excluding hydrogens is 479 g/mol. The third-order valence-electron chi connectivity index (χ3n) is 4.77. The highest BCUT2D eigenvalue weighted by atomic mass is 127. The van der Waals surface area contributed by atoms with Crippen LogP contribution in [0.1, 0.15) is 15.9 Å². The predicted molar refractivity (Wildman–Crippen MR) is 121 cm³/mol. The fourth-order valence-corrected chi connectivity index (χ4v) is 3.73. The van der Waals surface area contributed by atoms with E-state index in [1.807, 2.05) is 72.8 Å². The zero-order chi connectivity index (χ0) is 20.4. The van der Waals surface area contributed by atoms with Crippen LogP contribution in [0.2, 0.25) is 0 Å². The van der Waals surface area contributed by atoms with Gasteiger partial charge in [-0.25, -0.2) is 9.78 Å². The highest BCUT2D eigenvalue weighted by molar-refractivity contribution is 14.1. The van der Waals surface area contributed by atoms with Crippen molar-refractivity contribution in [3.05, 3.63) is 87.5 Å². The fraction of sp³-hybridized carbons (Fsp3) is 0.0870. The van der Waals surface area contributed by atoms with Crippen LogP contribution in [0.3, 0.4) is 0 Å². The first-order chi connectivity index (χ1) is 14.0. The molecule has 0 radical (unpaired) electrons. The molecule has 144 valence electrons. The van der Waals surface area contributed by atoms with E-state index in [2.05, 4.69) is 32.9 Å². The van der Waals surface area contributed by atoms with E-state index < -0.39 is 17.9 Å². The zero-order valence-electron chi connectivity index (χ0n) is 15.3. The number of para-hydroxylation sites is 2. The SMILES string of the molecule is O=C(N[C@H](Cc1ccc(I)cc1)C(=O)O)c1c2ccccc2nc2ccccc12. The second kappa shape index (κ2) is 8.16. The van der Waals surface area contributed by atoms with Crippen molar-refractivity contribution in [3.63, 3.8) is 0 Å². The average Bonchev–Trinajstić information content (AvgIpc) is 2.72. The molecule has 0 aliphatic rings. The van der Waals surface area contributed by atoms with E-state index in [9.17, 15) is 14.7 Å². The lowest BCUT2D eigenvalue weighted by Crippen LogP contribution is -2.42. The van der Waals surface area contributed by atoms with E-state index in [-0.39, 0.29) is 6.42 Å². The zero-order valence-corrected chi connectivity index (χ0v) is 17.5. The molecule has 0 aliphatic carbocycles. The number of aromatic nitrogens is 1. The van der Waals surface area contributed by atoms with Gasteiger partial charge in [-0.15, -0.1) is 0 Å². The van der Waals surface area contributed by atoms with Crippen LogP contribution in [0, 0.1) is 3.57 Å². The highest BCUT2D eigenvalue weighted by Crippen LogP contribution is 2.26. The molecule has 5 nitrogen and oxygen atoms in total. The van der Waals surface area contributed by atoms with Crippen LogP contribution in [0.25, 0.3) is 21.8 Å². The lowest BCUT2D eigenvalue weighted by molar-refractivity contribution is -0.139. The van der Waals surface area contributed by atoms with Crippen molar-refractivity contribution in [1.29, 1.82) is 0 Å². The monoisotopic (exact) mass is 496 g/mol. The predicted octanol–water partition coefficient (Wildman–Crippen LogP) is 4.42. The Bertz CT molecular complexity index is 1170. The average molecular weight is 496 g/mol. The maximum Gasteiger partial charge on any atom is 0.326 e. The minimum absolute atomic E-state index is 0.207. The molecule has 0 spiro atoms. The number of carbonyl (C=O) groups excluding carboxylic acids is 1. The van der Waals surface area contributed by atoms with E-state index in [1.165, 1.54) is 0 Å². The minimum atomic E-state index is -1.07. The van der Waals surface area contributed by atoms with Crippen molar-refractivity contribution in [2.24, 2.45) is 0 Å². The van der Waals surface area contributed by atoms with Gasteiger partial charge in [0.05, 0.1) is 16.6 Å². The first kappa shape index (κ1) is 19.3. The van der Waals surface area contributed by atoms with Crippen molar-refractivity contribution in [2.75, 3.05) is 0 Å². The first-order valence-electron chi connectivity index (χ1n) is 9.08. The van der Waals surface area contributed by atoms with Crippen molar-refractivity contribution >= 4 is 56.3 Å². The van der Waals surface area contributed by atoms with Crippen LogP contribution in [-0.2, 0) is 11.2 Å². The fourth-order valence-electron chi connectivity index (χ4n) is 3.37. The molecule has 3 aromatic carbocycles. The Hall–Kier alpha value is -3.00. The van der Waals surface area contributed by atoms with E-state index in [1.54, 1.807) is 0 Å². The summed E-state index contributed by atoms with van der Waals surface area (Å²) in [5.74, 6) is -1.49. The lowest BCUT2D eigenvalue weighted by atomic mass is 10.0. The Morgan fingerprint density at radius 3 is 2.00 bits per heavy atom. The molecule has 0 aliphatic heterocycles. The molecular formula is C23H17IN2O3. The van der Waals surface area contributed by atoms with Gasteiger partial charge >= 0.3 is 5.97 Å². The number of aliphatic carboxylic acids is 1. The summed E-state index contributed by atoms with van der Waals surface area (Å²) in [5.41, 5.74) is 2.68. The number of halogens is 1. The van der Waals surface area contributed by atoms with Crippen molar-refractivity contribution in [1.82, 2.24) is 10.3 Å². The summed E-state index contributed by atoms with van der Waals surface area (Å²) in [7, 11) is 0. The molecule has 6 heteroatoms. The Labute approximate surface area is 180 Å². The molecule has 2 N–H and O–H groups in total. The maximum absolute atomic E-state index is 13.2. The second-order valence-corrected chi connectivity index (χ2v) is 7.96. The Kier molecular flexibility index (Phi) is 5.44. The molecule has 4 aromatic rings. The van der Waals surface area contributed by atoms with Crippen LogP contribution in [-0.4, -0.2) is 28.0 Å². The lowest BCUT2D eigenvalue weighted by Gasteiger charge is -2.17. The van der Waals surface area contributed by atoms with E-state index in [4.69, 9.17) is 0 Å². The Morgan fingerprint density at radius 2 is 1.45 bits per heavy atom. The maximum atomic E-state index is 13.2. The number of benzene rings is 3. The van der Waals surface area contributed by atoms with Crippen molar-refractivity contribution in [3.8, 4) is 0 Å². The smallest absolute Gasteiger partial charge is 0.326 e. The summed E-state index contributed by atoms with van der Waals surface area (Å²) < 4.78 is 1.07. The third kappa shape index (κ3) is 4.07. The molecule has 1 heterocycles. The largest absolute Gasteiger partial charge is 0.480 e. The Morgan fingerprint density at radius 1 is 0.897 bits per heavy atom. The van der Waals surface area contributed by atoms with Crippen LogP contribution in [0.15, 0.2) is 72.8 Å². The summed E-state index contributed by atoms with van der Waals surface area (Å²) in [6.45, 7) is 0. The van der Waals surface area contributed by atoms with E-state index in [0.29, 0.717) is 27.4 Å². The number of hydrogen-bond acceptors (Lipinski definition) is 3. The molecule has 4 rings (SSSR count). The normalized spacial score (nSPS) is 12.0. The molecule has 1 atom stereocenters. The van der Waals surface area contributed by atoms with Crippen LogP contribution in [0.4, 0.5) is 0 Å². The molecule has 1 aromatic heterocycles. The highest BCUT2D eigenvalue weighted by Gasteiger charge is 2.24. The molecule has 0 unspecified atom stereocenters. The summed E-state index contributed by atoms with van der Waals surface area (Å²) in [6, 6.07) is 21.3. The van der Waals surface area contributed by atoms with E-state index >= 15 is 0 Å². The van der Waals surface area contributed by atoms with Crippen LogP contribution in [0.5, 0.6) is 0 Å². The van der Waals surface area contributed by atoms with Gasteiger partial charge in [-0.1, -0.05) is 48.5 Å². The van der Waals surface area contributed by atoms with E-state index in [0.717, 1.165) is 9.13 Å². The van der Waals surface area contributed by atoms with Crippen molar-refractivity contribution in [2.45, 2.75) is 12.5 Å². The summed E-state index contributed by atoms with van der Waals surface area (Å²) in [5, 5.41) is 13.8. The van der Waals surface area contributed by atoms with Gasteiger partial charge in [0, 0.05) is 20.8 Å². The van der Waals surface area contributed by atoms with Gasteiger partial charge in [0.2, 0.25) is 0 Å². The number of carboxylic acids is 1. The summed E-state index contributed by atoms with van der Waals surface area (Å²) in [4.78, 5) is 29.7. The minimum Gasteiger partial charge on any atom is -0.480 e. The topological polar surface area (TPSA) is 79.3 Å². The number of rotatable bonds is 5. The molecule has 0 bridgehead atoms. The number of pyridine rings is 1. The molecule has 0 fully saturated rings. The molecule has 29 heavy (non-hydrogen) atoms. The number of nitrogens with zero attached hydrogens (tertiary/aromatic N) is 1. The number of fused-ring (bicyclic) bond motifs is 2. The molecule has 0 saturated heterocycles. The van der Waals surface area contributed by atoms with Crippen LogP contribution < -0.4 is 5.32 Å². The summed E-state index contributed by atoms with van der Waals surface area (Å²) in [6.07, 6.45) is 0.207. The van der Waals surface area contributed by atoms with Gasteiger partial charge in [0.15, 0.2) is 0 Å². The number of amides is 1. The van der Waals surface area contributed by atoms with Gasteiger partial charge in [0.25, 0.3) is 5.91 Å². The second-order valence-electron chi connectivity index (χ2n) is 6.72. The van der Waals surface area contributed by atoms with Gasteiger partial charge in [0.1, 0.15) is 6.04 Å². The molecule has 1 amide bonds. The number of hydrogen-bond donors (Lipinski definition) is 2. The van der Waals surface area contributed by atoms with Crippen LogP contribution >= 0.6 is 22.6 Å².